The second-order valence-corrected chi connectivity index (χ2v) is 6.20. The summed E-state index contributed by atoms with van der Waals surface area (Å²) < 4.78 is 24.8. The lowest BCUT2D eigenvalue weighted by Gasteiger charge is -2.27. The maximum Gasteiger partial charge on any atom is 0.265 e. The SMILES string of the molecule is C[C@H](NC(=O)[C@H]1COc2ccccc2O1)c1cc(F)c(Cl)cc1Cl. The standard InChI is InChI=1S/C17H14Cl2FNO3/c1-9(10-6-13(20)12(19)7-11(10)18)21-17(22)16-8-23-14-4-2-3-5-15(14)24-16/h2-7,9,16H,8H2,1H3,(H,21,22)/t9-,16+/m0/s1. The summed E-state index contributed by atoms with van der Waals surface area (Å²) in [5.41, 5.74) is 0.434. The summed E-state index contributed by atoms with van der Waals surface area (Å²) in [4.78, 5) is 12.4. The van der Waals surface area contributed by atoms with E-state index in [-0.39, 0.29) is 22.6 Å². The Morgan fingerprint density at radius 2 is 1.96 bits per heavy atom. The summed E-state index contributed by atoms with van der Waals surface area (Å²) in [5, 5.41) is 2.96. The summed E-state index contributed by atoms with van der Waals surface area (Å²) in [6.45, 7) is 1.79. The number of carbonyl (C=O) groups excluding carboxylic acids is 1. The van der Waals surface area contributed by atoms with Gasteiger partial charge in [0.1, 0.15) is 12.4 Å². The Morgan fingerprint density at radius 1 is 1.25 bits per heavy atom. The van der Waals surface area contributed by atoms with E-state index in [0.29, 0.717) is 17.1 Å². The van der Waals surface area contributed by atoms with Crippen LogP contribution in [0.15, 0.2) is 36.4 Å². The Morgan fingerprint density at radius 3 is 2.71 bits per heavy atom. The van der Waals surface area contributed by atoms with Crippen LogP contribution in [-0.2, 0) is 4.79 Å². The molecule has 2 atom stereocenters. The van der Waals surface area contributed by atoms with E-state index in [9.17, 15) is 9.18 Å². The zero-order valence-corrected chi connectivity index (χ0v) is 14.2. The van der Waals surface area contributed by atoms with Crippen molar-refractivity contribution in [1.82, 2.24) is 5.32 Å². The average Bonchev–Trinajstić information content (AvgIpc) is 2.57. The van der Waals surface area contributed by atoms with Crippen LogP contribution >= 0.6 is 23.2 Å². The second kappa shape index (κ2) is 6.87. The largest absolute Gasteiger partial charge is 0.485 e. The maximum atomic E-state index is 13.6. The predicted octanol–water partition coefficient (Wildman–Crippen LogP) is 4.15. The zero-order valence-electron chi connectivity index (χ0n) is 12.7. The number of hydrogen-bond acceptors (Lipinski definition) is 3. The quantitative estimate of drug-likeness (QED) is 0.826. The molecule has 0 saturated carbocycles. The molecule has 126 valence electrons. The van der Waals surface area contributed by atoms with Gasteiger partial charge >= 0.3 is 0 Å². The fourth-order valence-electron chi connectivity index (χ4n) is 2.40. The maximum absolute atomic E-state index is 13.6. The topological polar surface area (TPSA) is 47.6 Å². The number of carbonyl (C=O) groups is 1. The molecule has 1 amide bonds. The Labute approximate surface area is 148 Å². The Hall–Kier alpha value is -1.98. The number of ether oxygens (including phenoxy) is 2. The van der Waals surface area contributed by atoms with E-state index in [1.807, 2.05) is 6.07 Å². The van der Waals surface area contributed by atoms with E-state index in [1.165, 1.54) is 12.1 Å². The lowest BCUT2D eigenvalue weighted by atomic mass is 10.1. The van der Waals surface area contributed by atoms with E-state index < -0.39 is 18.0 Å². The molecule has 7 heteroatoms. The first kappa shape index (κ1) is 16.9. The molecule has 1 N–H and O–H groups in total. The minimum atomic E-state index is -0.793. The van der Waals surface area contributed by atoms with Crippen molar-refractivity contribution in [2.45, 2.75) is 19.1 Å². The number of benzene rings is 2. The molecular formula is C17H14Cl2FNO3. The fraction of sp³-hybridized carbons (Fsp3) is 0.235. The van der Waals surface area contributed by atoms with E-state index in [1.54, 1.807) is 25.1 Å². The van der Waals surface area contributed by atoms with Crippen LogP contribution in [0.25, 0.3) is 0 Å². The molecule has 1 aliphatic rings. The van der Waals surface area contributed by atoms with Gasteiger partial charge in [0.2, 0.25) is 6.10 Å². The van der Waals surface area contributed by atoms with Gasteiger partial charge in [-0.15, -0.1) is 0 Å². The number of hydrogen-bond donors (Lipinski definition) is 1. The average molecular weight is 370 g/mol. The van der Waals surface area contributed by atoms with Crippen LogP contribution in [0.2, 0.25) is 10.0 Å². The van der Waals surface area contributed by atoms with Crippen molar-refractivity contribution in [3.63, 3.8) is 0 Å². The van der Waals surface area contributed by atoms with E-state index in [2.05, 4.69) is 5.32 Å². The van der Waals surface area contributed by atoms with E-state index in [0.717, 1.165) is 0 Å². The highest BCUT2D eigenvalue weighted by Gasteiger charge is 2.28. The van der Waals surface area contributed by atoms with Crippen LogP contribution in [0.4, 0.5) is 4.39 Å². The van der Waals surface area contributed by atoms with Crippen molar-refractivity contribution in [2.75, 3.05) is 6.61 Å². The summed E-state index contributed by atoms with van der Waals surface area (Å²) in [7, 11) is 0. The molecule has 2 aromatic rings. The number of para-hydroxylation sites is 2. The first-order valence-electron chi connectivity index (χ1n) is 7.29. The molecule has 24 heavy (non-hydrogen) atoms. The summed E-state index contributed by atoms with van der Waals surface area (Å²) in [6.07, 6.45) is -0.793. The van der Waals surface area contributed by atoms with Crippen molar-refractivity contribution in [2.24, 2.45) is 0 Å². The van der Waals surface area contributed by atoms with Crippen LogP contribution in [0.1, 0.15) is 18.5 Å². The molecule has 0 fully saturated rings. The number of amides is 1. The predicted molar refractivity (Wildman–Crippen MR) is 89.3 cm³/mol. The summed E-state index contributed by atoms with van der Waals surface area (Å²) >= 11 is 11.8. The van der Waals surface area contributed by atoms with Crippen molar-refractivity contribution in [3.05, 3.63) is 57.8 Å². The van der Waals surface area contributed by atoms with Crippen LogP contribution in [0.3, 0.4) is 0 Å². The third-order valence-electron chi connectivity index (χ3n) is 3.67. The lowest BCUT2D eigenvalue weighted by Crippen LogP contribution is -2.44. The first-order valence-corrected chi connectivity index (χ1v) is 8.04. The molecule has 0 unspecified atom stereocenters. The van der Waals surface area contributed by atoms with Gasteiger partial charge in [0.25, 0.3) is 5.91 Å². The third kappa shape index (κ3) is 3.42. The number of nitrogens with one attached hydrogen (secondary N) is 1. The van der Waals surface area contributed by atoms with Gasteiger partial charge in [0.05, 0.1) is 11.1 Å². The molecule has 0 saturated heterocycles. The van der Waals surface area contributed by atoms with Gasteiger partial charge in [-0.05, 0) is 36.8 Å². The molecule has 2 aromatic carbocycles. The number of fused-ring (bicyclic) bond motifs is 1. The van der Waals surface area contributed by atoms with Gasteiger partial charge in [-0.1, -0.05) is 35.3 Å². The molecule has 0 bridgehead atoms. The highest BCUT2D eigenvalue weighted by molar-refractivity contribution is 6.35. The van der Waals surface area contributed by atoms with Gasteiger partial charge < -0.3 is 14.8 Å². The molecule has 0 aliphatic carbocycles. The van der Waals surface area contributed by atoms with Crippen molar-refractivity contribution < 1.29 is 18.7 Å². The van der Waals surface area contributed by atoms with Gasteiger partial charge in [0.15, 0.2) is 11.5 Å². The second-order valence-electron chi connectivity index (χ2n) is 5.38. The van der Waals surface area contributed by atoms with Gasteiger partial charge in [-0.2, -0.15) is 0 Å². The zero-order chi connectivity index (χ0) is 17.3. The molecule has 3 rings (SSSR count). The van der Waals surface area contributed by atoms with Gasteiger partial charge in [-0.3, -0.25) is 4.79 Å². The third-order valence-corrected chi connectivity index (χ3v) is 4.28. The molecule has 1 aliphatic heterocycles. The summed E-state index contributed by atoms with van der Waals surface area (Å²) in [5.74, 6) is 0.135. The molecule has 0 aromatic heterocycles. The Balaban J connectivity index is 1.70. The van der Waals surface area contributed by atoms with Crippen molar-refractivity contribution >= 4 is 29.1 Å². The van der Waals surface area contributed by atoms with Crippen LogP contribution in [-0.4, -0.2) is 18.6 Å². The molecule has 0 radical (unpaired) electrons. The monoisotopic (exact) mass is 369 g/mol. The molecule has 0 spiro atoms. The van der Waals surface area contributed by atoms with Crippen LogP contribution in [0, 0.1) is 5.82 Å². The van der Waals surface area contributed by atoms with Crippen molar-refractivity contribution in [1.29, 1.82) is 0 Å². The highest BCUT2D eigenvalue weighted by Crippen LogP contribution is 2.32. The first-order chi connectivity index (χ1) is 11.5. The molecular weight excluding hydrogens is 356 g/mol. The molecule has 4 nitrogen and oxygen atoms in total. The fourth-order valence-corrected chi connectivity index (χ4v) is 2.95. The number of rotatable bonds is 3. The summed E-state index contributed by atoms with van der Waals surface area (Å²) in [6, 6.07) is 9.11. The van der Waals surface area contributed by atoms with Gasteiger partial charge in [-0.25, -0.2) is 4.39 Å². The van der Waals surface area contributed by atoms with E-state index in [4.69, 9.17) is 32.7 Å². The smallest absolute Gasteiger partial charge is 0.265 e. The van der Waals surface area contributed by atoms with Crippen LogP contribution in [0.5, 0.6) is 11.5 Å². The number of halogens is 3. The van der Waals surface area contributed by atoms with Crippen molar-refractivity contribution in [3.8, 4) is 11.5 Å². The van der Waals surface area contributed by atoms with Gasteiger partial charge in [0, 0.05) is 5.02 Å². The van der Waals surface area contributed by atoms with Crippen LogP contribution < -0.4 is 14.8 Å². The normalized spacial score (nSPS) is 17.2. The highest BCUT2D eigenvalue weighted by atomic mass is 35.5. The van der Waals surface area contributed by atoms with E-state index >= 15 is 0 Å². The molecule has 1 heterocycles. The Kier molecular flexibility index (Phi) is 4.83. The Bertz CT molecular complexity index is 784. The minimum Gasteiger partial charge on any atom is -0.485 e. The minimum absolute atomic E-state index is 0.0668. The lowest BCUT2D eigenvalue weighted by molar-refractivity contribution is -0.131.